The number of piperidine rings is 1. The van der Waals surface area contributed by atoms with Crippen molar-refractivity contribution in [3.63, 3.8) is 0 Å². The number of unbranched alkanes of at least 4 members (excludes halogenated alkanes) is 1. The van der Waals surface area contributed by atoms with Crippen LogP contribution >= 0.6 is 0 Å². The molecule has 0 amide bonds. The molecule has 1 saturated heterocycles. The highest BCUT2D eigenvalue weighted by molar-refractivity contribution is 4.79. The van der Waals surface area contributed by atoms with Crippen molar-refractivity contribution in [2.45, 2.75) is 58.0 Å². The van der Waals surface area contributed by atoms with Crippen LogP contribution in [-0.2, 0) is 0 Å². The molecule has 0 aromatic heterocycles. The molecule has 1 fully saturated rings. The summed E-state index contributed by atoms with van der Waals surface area (Å²) in [6.45, 7) is 8.28. The van der Waals surface area contributed by atoms with Crippen LogP contribution in [0.5, 0.6) is 0 Å². The molecule has 0 aliphatic carbocycles. The van der Waals surface area contributed by atoms with Crippen molar-refractivity contribution in [2.24, 2.45) is 0 Å². The SMILES string of the molecule is CC(C)NCC1CCCCN1CCCCO. The van der Waals surface area contributed by atoms with Crippen molar-refractivity contribution in [1.82, 2.24) is 10.2 Å². The third kappa shape index (κ3) is 5.28. The van der Waals surface area contributed by atoms with E-state index in [9.17, 15) is 0 Å². The Bertz CT molecular complexity index is 173. The van der Waals surface area contributed by atoms with E-state index < -0.39 is 0 Å². The lowest BCUT2D eigenvalue weighted by Crippen LogP contribution is -2.47. The average molecular weight is 228 g/mol. The Hall–Kier alpha value is -0.120. The van der Waals surface area contributed by atoms with Gasteiger partial charge in [-0.1, -0.05) is 20.3 Å². The van der Waals surface area contributed by atoms with Gasteiger partial charge in [-0.15, -0.1) is 0 Å². The third-order valence-electron chi connectivity index (χ3n) is 3.36. The van der Waals surface area contributed by atoms with Crippen molar-refractivity contribution in [3.8, 4) is 0 Å². The Labute approximate surface area is 100 Å². The van der Waals surface area contributed by atoms with Crippen molar-refractivity contribution in [1.29, 1.82) is 0 Å². The van der Waals surface area contributed by atoms with Crippen molar-refractivity contribution in [2.75, 3.05) is 26.2 Å². The number of hydrogen-bond donors (Lipinski definition) is 2. The van der Waals surface area contributed by atoms with E-state index in [4.69, 9.17) is 5.11 Å². The Kier molecular flexibility index (Phi) is 7.01. The molecule has 1 aliphatic rings. The molecular weight excluding hydrogens is 200 g/mol. The van der Waals surface area contributed by atoms with E-state index in [0.717, 1.165) is 32.0 Å². The van der Waals surface area contributed by atoms with Crippen LogP contribution in [0, 0.1) is 0 Å². The topological polar surface area (TPSA) is 35.5 Å². The molecule has 0 bridgehead atoms. The molecule has 1 heterocycles. The minimum absolute atomic E-state index is 0.336. The number of likely N-dealkylation sites (tertiary alicyclic amines) is 1. The third-order valence-corrected chi connectivity index (χ3v) is 3.36. The largest absolute Gasteiger partial charge is 0.396 e. The van der Waals surface area contributed by atoms with Crippen LogP contribution in [0.3, 0.4) is 0 Å². The van der Waals surface area contributed by atoms with Gasteiger partial charge in [0.25, 0.3) is 0 Å². The molecule has 16 heavy (non-hydrogen) atoms. The van der Waals surface area contributed by atoms with Gasteiger partial charge in [-0.2, -0.15) is 0 Å². The highest BCUT2D eigenvalue weighted by Crippen LogP contribution is 2.17. The van der Waals surface area contributed by atoms with Gasteiger partial charge in [-0.3, -0.25) is 4.90 Å². The molecule has 1 unspecified atom stereocenters. The van der Waals surface area contributed by atoms with Gasteiger partial charge >= 0.3 is 0 Å². The predicted molar refractivity (Wildman–Crippen MR) is 68.7 cm³/mol. The minimum atomic E-state index is 0.336. The number of nitrogens with zero attached hydrogens (tertiary/aromatic N) is 1. The van der Waals surface area contributed by atoms with Crippen LogP contribution in [0.4, 0.5) is 0 Å². The van der Waals surface area contributed by atoms with E-state index in [0.29, 0.717) is 12.6 Å². The number of hydrogen-bond acceptors (Lipinski definition) is 3. The molecular formula is C13H28N2O. The van der Waals surface area contributed by atoms with Crippen molar-refractivity contribution < 1.29 is 5.11 Å². The van der Waals surface area contributed by atoms with Gasteiger partial charge in [-0.25, -0.2) is 0 Å². The van der Waals surface area contributed by atoms with Crippen molar-refractivity contribution in [3.05, 3.63) is 0 Å². The summed E-state index contributed by atoms with van der Waals surface area (Å²) < 4.78 is 0. The minimum Gasteiger partial charge on any atom is -0.396 e. The summed E-state index contributed by atoms with van der Waals surface area (Å²) in [6.07, 6.45) is 6.13. The smallest absolute Gasteiger partial charge is 0.0431 e. The monoisotopic (exact) mass is 228 g/mol. The Morgan fingerprint density at radius 3 is 2.81 bits per heavy atom. The lowest BCUT2D eigenvalue weighted by molar-refractivity contribution is 0.137. The number of aliphatic hydroxyl groups is 1. The number of nitrogens with one attached hydrogen (secondary N) is 1. The molecule has 0 radical (unpaired) electrons. The van der Waals surface area contributed by atoms with Crippen LogP contribution in [0.25, 0.3) is 0 Å². The fourth-order valence-corrected chi connectivity index (χ4v) is 2.38. The van der Waals surface area contributed by atoms with E-state index in [1.165, 1.54) is 25.8 Å². The molecule has 1 aliphatic heterocycles. The lowest BCUT2D eigenvalue weighted by Gasteiger charge is -2.36. The van der Waals surface area contributed by atoms with E-state index in [1.54, 1.807) is 0 Å². The number of rotatable bonds is 7. The normalized spacial score (nSPS) is 22.9. The molecule has 0 saturated carbocycles. The first-order valence-corrected chi connectivity index (χ1v) is 6.82. The fraction of sp³-hybridized carbons (Fsp3) is 1.00. The predicted octanol–water partition coefficient (Wildman–Crippen LogP) is 1.61. The van der Waals surface area contributed by atoms with E-state index in [2.05, 4.69) is 24.1 Å². The maximum Gasteiger partial charge on any atom is 0.0431 e. The summed E-state index contributed by atoms with van der Waals surface area (Å²) in [4.78, 5) is 2.61. The summed E-state index contributed by atoms with van der Waals surface area (Å²) in [5.74, 6) is 0. The summed E-state index contributed by atoms with van der Waals surface area (Å²) >= 11 is 0. The maximum atomic E-state index is 8.81. The standard InChI is InChI=1S/C13H28N2O/c1-12(2)14-11-13-7-3-4-8-15(13)9-5-6-10-16/h12-14,16H,3-11H2,1-2H3. The molecule has 3 heteroatoms. The average Bonchev–Trinajstić information content (AvgIpc) is 2.28. The Morgan fingerprint density at radius 2 is 2.12 bits per heavy atom. The molecule has 0 aromatic carbocycles. The van der Waals surface area contributed by atoms with Gasteiger partial charge in [0.1, 0.15) is 0 Å². The molecule has 96 valence electrons. The fourth-order valence-electron chi connectivity index (χ4n) is 2.38. The van der Waals surface area contributed by atoms with Crippen LogP contribution in [0.1, 0.15) is 46.0 Å². The lowest BCUT2D eigenvalue weighted by atomic mass is 10.0. The molecule has 3 nitrogen and oxygen atoms in total. The van der Waals surface area contributed by atoms with Gasteiger partial charge < -0.3 is 10.4 Å². The molecule has 2 N–H and O–H groups in total. The van der Waals surface area contributed by atoms with Crippen molar-refractivity contribution >= 4 is 0 Å². The van der Waals surface area contributed by atoms with Crippen LogP contribution < -0.4 is 5.32 Å². The second-order valence-corrected chi connectivity index (χ2v) is 5.18. The van der Waals surface area contributed by atoms with Crippen LogP contribution in [0.15, 0.2) is 0 Å². The maximum absolute atomic E-state index is 8.81. The summed E-state index contributed by atoms with van der Waals surface area (Å²) in [5.41, 5.74) is 0. The van der Waals surface area contributed by atoms with Gasteiger partial charge in [-0.05, 0) is 38.8 Å². The van der Waals surface area contributed by atoms with Crippen LogP contribution in [0.2, 0.25) is 0 Å². The summed E-state index contributed by atoms with van der Waals surface area (Å²) in [5, 5.41) is 12.4. The Balaban J connectivity index is 2.26. The quantitative estimate of drug-likeness (QED) is 0.650. The van der Waals surface area contributed by atoms with Crippen LogP contribution in [-0.4, -0.2) is 48.3 Å². The zero-order chi connectivity index (χ0) is 11.8. The van der Waals surface area contributed by atoms with Gasteiger partial charge in [0.2, 0.25) is 0 Å². The first-order chi connectivity index (χ1) is 7.74. The van der Waals surface area contributed by atoms with Gasteiger partial charge in [0, 0.05) is 25.2 Å². The molecule has 1 rings (SSSR count). The van der Waals surface area contributed by atoms with Gasteiger partial charge in [0.15, 0.2) is 0 Å². The molecule has 0 aromatic rings. The zero-order valence-corrected chi connectivity index (χ0v) is 10.9. The summed E-state index contributed by atoms with van der Waals surface area (Å²) in [7, 11) is 0. The highest BCUT2D eigenvalue weighted by atomic mass is 16.2. The van der Waals surface area contributed by atoms with Gasteiger partial charge in [0.05, 0.1) is 0 Å². The van der Waals surface area contributed by atoms with E-state index in [1.807, 2.05) is 0 Å². The Morgan fingerprint density at radius 1 is 1.31 bits per heavy atom. The zero-order valence-electron chi connectivity index (χ0n) is 10.9. The first-order valence-electron chi connectivity index (χ1n) is 6.82. The molecule has 1 atom stereocenters. The molecule has 0 spiro atoms. The van der Waals surface area contributed by atoms with E-state index in [-0.39, 0.29) is 0 Å². The second-order valence-electron chi connectivity index (χ2n) is 5.18. The highest BCUT2D eigenvalue weighted by Gasteiger charge is 2.21. The first kappa shape index (κ1) is 13.9. The summed E-state index contributed by atoms with van der Waals surface area (Å²) in [6, 6.07) is 1.30. The van der Waals surface area contributed by atoms with E-state index >= 15 is 0 Å². The number of aliphatic hydroxyl groups excluding tert-OH is 1. The second kappa shape index (κ2) is 8.04.